The lowest BCUT2D eigenvalue weighted by molar-refractivity contribution is -0.145. The van der Waals surface area contributed by atoms with Gasteiger partial charge >= 0.3 is 18.4 Å². The van der Waals surface area contributed by atoms with E-state index in [-0.39, 0.29) is 6.54 Å². The molecule has 0 spiro atoms. The van der Waals surface area contributed by atoms with Crippen molar-refractivity contribution in [3.8, 4) is 11.1 Å². The van der Waals surface area contributed by atoms with E-state index in [0.29, 0.717) is 21.2 Å². The summed E-state index contributed by atoms with van der Waals surface area (Å²) < 4.78 is 49.5. The molecule has 11 heteroatoms. The Kier molecular flexibility index (Phi) is 7.78. The van der Waals surface area contributed by atoms with Crippen molar-refractivity contribution in [3.63, 3.8) is 0 Å². The summed E-state index contributed by atoms with van der Waals surface area (Å²) in [6.07, 6.45) is -4.33. The number of benzene rings is 1. The molecule has 1 heterocycles. The Morgan fingerprint density at radius 3 is 1.82 bits per heavy atom. The number of aromatic nitrogens is 2. The number of ether oxygens (including phenoxy) is 2. The summed E-state index contributed by atoms with van der Waals surface area (Å²) in [5.74, 6) is -1.25. The van der Waals surface area contributed by atoms with Gasteiger partial charge in [-0.3, -0.25) is 0 Å². The van der Waals surface area contributed by atoms with Gasteiger partial charge in [0.25, 0.3) is 0 Å². The van der Waals surface area contributed by atoms with E-state index in [0.717, 1.165) is 17.3 Å². The molecule has 0 saturated carbocycles. The number of amides is 2. The molecule has 0 atom stereocenters. The molecule has 0 aliphatic rings. The van der Waals surface area contributed by atoms with Crippen LogP contribution in [0.25, 0.3) is 11.1 Å². The molecule has 2 rings (SSSR count). The molecule has 0 aliphatic carbocycles. The Balaban J connectivity index is 2.39. The van der Waals surface area contributed by atoms with Gasteiger partial charge < -0.3 is 9.47 Å². The highest BCUT2D eigenvalue weighted by Crippen LogP contribution is 2.29. The average Bonchev–Trinajstić information content (AvgIpc) is 2.63. The van der Waals surface area contributed by atoms with Crippen molar-refractivity contribution in [2.24, 2.45) is 0 Å². The second kappa shape index (κ2) is 9.66. The maximum absolute atomic E-state index is 12.7. The smallest absolute Gasteiger partial charge is 0.443 e. The zero-order chi connectivity index (χ0) is 25.2. The van der Waals surface area contributed by atoms with Gasteiger partial charge in [0.2, 0.25) is 5.82 Å². The lowest BCUT2D eigenvalue weighted by Crippen LogP contribution is -2.43. The molecule has 0 N–H and O–H groups in total. The van der Waals surface area contributed by atoms with Crippen LogP contribution in [0.2, 0.25) is 0 Å². The number of rotatable bonds is 3. The summed E-state index contributed by atoms with van der Waals surface area (Å²) in [7, 11) is 0. The van der Waals surface area contributed by atoms with Crippen molar-refractivity contribution < 1.29 is 32.2 Å². The Labute approximate surface area is 198 Å². The molecule has 0 saturated heterocycles. The van der Waals surface area contributed by atoms with Crippen LogP contribution in [0, 0.1) is 0 Å². The highest BCUT2D eigenvalue weighted by molar-refractivity contribution is 9.10. The number of carbonyl (C=O) groups excluding carboxylic acids is 2. The number of halogens is 4. The zero-order valence-electron chi connectivity index (χ0n) is 19.1. The molecule has 7 nitrogen and oxygen atoms in total. The first-order valence-corrected chi connectivity index (χ1v) is 10.7. The highest BCUT2D eigenvalue weighted by atomic mass is 79.9. The number of nitrogens with zero attached hydrogens (tertiary/aromatic N) is 3. The van der Waals surface area contributed by atoms with E-state index >= 15 is 0 Å². The Hall–Kier alpha value is -2.69. The van der Waals surface area contributed by atoms with Crippen LogP contribution < -0.4 is 0 Å². The molecular weight excluding hydrogens is 507 g/mol. The minimum atomic E-state index is -4.65. The average molecular weight is 532 g/mol. The maximum atomic E-state index is 12.7. The number of hydrogen-bond acceptors (Lipinski definition) is 6. The number of alkyl halides is 3. The third-order valence-corrected chi connectivity index (χ3v) is 4.61. The second-order valence-corrected chi connectivity index (χ2v) is 10.0. The van der Waals surface area contributed by atoms with Crippen LogP contribution in [0.15, 0.2) is 35.1 Å². The summed E-state index contributed by atoms with van der Waals surface area (Å²) >= 11 is 3.38. The highest BCUT2D eigenvalue weighted by Gasteiger charge is 2.34. The summed E-state index contributed by atoms with van der Waals surface area (Å²) in [5, 5.41) is 0. The molecule has 0 unspecified atom stereocenters. The van der Waals surface area contributed by atoms with Crippen LogP contribution in [-0.4, -0.2) is 38.3 Å². The van der Waals surface area contributed by atoms with E-state index in [9.17, 15) is 22.8 Å². The van der Waals surface area contributed by atoms with Crippen molar-refractivity contribution >= 4 is 28.1 Å². The van der Waals surface area contributed by atoms with E-state index < -0.39 is 35.4 Å². The summed E-state index contributed by atoms with van der Waals surface area (Å²) in [4.78, 5) is 33.1. The first kappa shape index (κ1) is 26.6. The van der Waals surface area contributed by atoms with Crippen molar-refractivity contribution in [1.82, 2.24) is 14.9 Å². The predicted octanol–water partition coefficient (Wildman–Crippen LogP) is 6.60. The summed E-state index contributed by atoms with van der Waals surface area (Å²) in [6, 6.07) is 4.90. The Bertz CT molecular complexity index is 986. The van der Waals surface area contributed by atoms with E-state index in [2.05, 4.69) is 25.9 Å². The molecule has 0 aliphatic heterocycles. The summed E-state index contributed by atoms with van der Waals surface area (Å²) in [6.45, 7) is 9.79. The third kappa shape index (κ3) is 7.99. The molecule has 180 valence electrons. The fraction of sp³-hybridized carbons (Fsp3) is 0.455. The van der Waals surface area contributed by atoms with Crippen LogP contribution in [0.4, 0.5) is 22.8 Å². The molecule has 2 aromatic rings. The fourth-order valence-corrected chi connectivity index (χ4v) is 2.88. The lowest BCUT2D eigenvalue weighted by atomic mass is 10.1. The van der Waals surface area contributed by atoms with Gasteiger partial charge in [-0.05, 0) is 64.8 Å². The van der Waals surface area contributed by atoms with Gasteiger partial charge in [0, 0.05) is 22.4 Å². The van der Waals surface area contributed by atoms with Crippen LogP contribution in [0.3, 0.4) is 0 Å². The number of carbonyl (C=O) groups is 2. The van der Waals surface area contributed by atoms with Crippen LogP contribution in [-0.2, 0) is 22.2 Å². The quantitative estimate of drug-likeness (QED) is 0.443. The molecule has 2 amide bonds. The first-order chi connectivity index (χ1) is 15.0. The molecule has 0 bridgehead atoms. The maximum Gasteiger partial charge on any atom is 0.451 e. The Morgan fingerprint density at radius 2 is 1.39 bits per heavy atom. The van der Waals surface area contributed by atoms with Gasteiger partial charge in [0.15, 0.2) is 0 Å². The predicted molar refractivity (Wildman–Crippen MR) is 118 cm³/mol. The SMILES string of the molecule is CC(C)(C)OC(=O)N(Cc1cc(-c2cnc(C(F)(F)F)nc2)ccc1Br)C(=O)OC(C)(C)C. The van der Waals surface area contributed by atoms with Gasteiger partial charge in [0.05, 0.1) is 6.54 Å². The van der Waals surface area contributed by atoms with Crippen molar-refractivity contribution in [3.05, 3.63) is 46.5 Å². The Morgan fingerprint density at radius 1 is 0.909 bits per heavy atom. The largest absolute Gasteiger partial charge is 0.451 e. The van der Waals surface area contributed by atoms with E-state index in [1.54, 1.807) is 59.7 Å². The van der Waals surface area contributed by atoms with Crippen LogP contribution >= 0.6 is 15.9 Å². The third-order valence-electron chi connectivity index (χ3n) is 3.84. The minimum Gasteiger partial charge on any atom is -0.443 e. The van der Waals surface area contributed by atoms with Crippen LogP contribution in [0.1, 0.15) is 52.9 Å². The van der Waals surface area contributed by atoms with Crippen molar-refractivity contribution in [1.29, 1.82) is 0 Å². The molecule has 0 radical (unpaired) electrons. The lowest BCUT2D eigenvalue weighted by Gasteiger charge is -2.29. The topological polar surface area (TPSA) is 81.6 Å². The number of imide groups is 1. The zero-order valence-corrected chi connectivity index (χ0v) is 20.7. The van der Waals surface area contributed by atoms with E-state index in [4.69, 9.17) is 9.47 Å². The molecule has 1 aromatic heterocycles. The molecule has 33 heavy (non-hydrogen) atoms. The fourth-order valence-electron chi connectivity index (χ4n) is 2.51. The van der Waals surface area contributed by atoms with Crippen molar-refractivity contribution in [2.75, 3.05) is 0 Å². The van der Waals surface area contributed by atoms with Gasteiger partial charge in [-0.15, -0.1) is 0 Å². The van der Waals surface area contributed by atoms with Gasteiger partial charge in [-0.1, -0.05) is 22.0 Å². The molecule has 0 fully saturated rings. The normalized spacial score (nSPS) is 12.3. The van der Waals surface area contributed by atoms with Gasteiger partial charge in [-0.25, -0.2) is 24.5 Å². The van der Waals surface area contributed by atoms with Crippen molar-refractivity contribution in [2.45, 2.75) is 65.5 Å². The second-order valence-electron chi connectivity index (χ2n) is 9.15. The number of hydrogen-bond donors (Lipinski definition) is 0. The summed E-state index contributed by atoms with van der Waals surface area (Å²) in [5.41, 5.74) is -0.390. The minimum absolute atomic E-state index is 0.209. The first-order valence-electron chi connectivity index (χ1n) is 9.88. The molecule has 1 aromatic carbocycles. The standard InChI is InChI=1S/C22H25BrF3N3O4/c1-20(2,3)32-18(30)29(19(31)33-21(4,5)6)12-14-9-13(7-8-16(14)23)15-10-27-17(28-11-15)22(24,25)26/h7-11H,12H2,1-6H3. The van der Waals surface area contributed by atoms with Gasteiger partial charge in [0.1, 0.15) is 11.2 Å². The van der Waals surface area contributed by atoms with Gasteiger partial charge in [-0.2, -0.15) is 13.2 Å². The molecular formula is C22H25BrF3N3O4. The van der Waals surface area contributed by atoms with E-state index in [1.165, 1.54) is 0 Å². The van der Waals surface area contributed by atoms with E-state index in [1.807, 2.05) is 0 Å². The monoisotopic (exact) mass is 531 g/mol. The van der Waals surface area contributed by atoms with Crippen LogP contribution in [0.5, 0.6) is 0 Å².